The van der Waals surface area contributed by atoms with E-state index in [1.54, 1.807) is 0 Å². The fourth-order valence-electron chi connectivity index (χ4n) is 3.41. The summed E-state index contributed by atoms with van der Waals surface area (Å²) in [5, 5.41) is 9.83. The molecule has 0 bridgehead atoms. The molecule has 0 radical (unpaired) electrons. The van der Waals surface area contributed by atoms with Gasteiger partial charge in [0.15, 0.2) is 16.5 Å². The molecule has 0 fully saturated rings. The van der Waals surface area contributed by atoms with Crippen molar-refractivity contribution in [1.82, 2.24) is 9.35 Å². The van der Waals surface area contributed by atoms with Gasteiger partial charge in [-0.3, -0.25) is 0 Å². The van der Waals surface area contributed by atoms with Crippen LogP contribution in [0.5, 0.6) is 0 Å². The van der Waals surface area contributed by atoms with Gasteiger partial charge in [0.05, 0.1) is 25.5 Å². The maximum absolute atomic E-state index is 4.91. The molecule has 178 valence electrons. The molecule has 0 unspecified atom stereocenters. The van der Waals surface area contributed by atoms with E-state index in [4.69, 9.17) is 10.2 Å². The van der Waals surface area contributed by atoms with E-state index in [1.807, 2.05) is 12.4 Å². The van der Waals surface area contributed by atoms with Gasteiger partial charge in [-0.15, -0.1) is 0 Å². The van der Waals surface area contributed by atoms with Crippen molar-refractivity contribution < 1.29 is 0 Å². The molecule has 3 aromatic carbocycles. The van der Waals surface area contributed by atoms with E-state index in [-0.39, 0.29) is 0 Å². The quantitative estimate of drug-likeness (QED) is 0.175. The van der Waals surface area contributed by atoms with Gasteiger partial charge in [-0.05, 0) is 28.3 Å². The van der Waals surface area contributed by atoms with Crippen LogP contribution in [-0.4, -0.2) is 38.2 Å². The Morgan fingerprint density at radius 3 is 1.29 bits per heavy atom. The number of benzene rings is 3. The van der Waals surface area contributed by atoms with Crippen LogP contribution in [-0.2, 0) is 13.1 Å². The van der Waals surface area contributed by atoms with Crippen molar-refractivity contribution >= 4 is 28.9 Å². The average Bonchev–Trinajstić information content (AvgIpc) is 2.79. The van der Waals surface area contributed by atoms with E-state index >= 15 is 0 Å². The van der Waals surface area contributed by atoms with Crippen LogP contribution < -0.4 is 0 Å². The maximum Gasteiger partial charge on any atom is 0.169 e. The number of hydrogen-bond donors (Lipinski definition) is 0. The first-order valence-electron chi connectivity index (χ1n) is 11.9. The molecule has 0 aromatic heterocycles. The van der Waals surface area contributed by atoms with Gasteiger partial charge < -0.3 is 9.35 Å². The zero-order chi connectivity index (χ0) is 24.6. The van der Waals surface area contributed by atoms with E-state index in [9.17, 15) is 0 Å². The number of hydrazone groups is 2. The Morgan fingerprint density at radius 2 is 0.941 bits per heavy atom. The van der Waals surface area contributed by atoms with Crippen LogP contribution >= 0.6 is 0 Å². The lowest BCUT2D eigenvalue weighted by Crippen LogP contribution is -2.41. The number of rotatable bonds is 10. The molecule has 0 saturated heterocycles. The highest BCUT2D eigenvalue weighted by atomic mass is 28.3. The summed E-state index contributed by atoms with van der Waals surface area (Å²) in [5.74, 6) is 0. The van der Waals surface area contributed by atoms with Crippen molar-refractivity contribution in [3.63, 3.8) is 0 Å². The summed E-state index contributed by atoms with van der Waals surface area (Å²) < 4.78 is 4.55. The van der Waals surface area contributed by atoms with E-state index < -0.39 is 16.5 Å². The van der Waals surface area contributed by atoms with E-state index in [2.05, 4.69) is 134 Å². The van der Waals surface area contributed by atoms with Crippen LogP contribution in [0.3, 0.4) is 0 Å². The largest absolute Gasteiger partial charge is 0.320 e. The highest BCUT2D eigenvalue weighted by molar-refractivity contribution is 6.73. The SMILES string of the molecule is C[Si](C)(C)N(Cc1ccccc1)/N=C/c1cccc(/C=N/N(Cc2ccccc2)[Si](C)(C)C)c1. The van der Waals surface area contributed by atoms with E-state index in [0.29, 0.717) is 0 Å². The molecule has 0 amide bonds. The van der Waals surface area contributed by atoms with Gasteiger partial charge >= 0.3 is 0 Å². The molecule has 34 heavy (non-hydrogen) atoms. The van der Waals surface area contributed by atoms with Crippen molar-refractivity contribution in [3.05, 3.63) is 107 Å². The Kier molecular flexibility index (Phi) is 8.63. The standard InChI is InChI=1S/C28H38N4Si2/c1-33(2,3)31(23-25-14-9-7-10-15-25)29-21-27-18-13-19-28(20-27)22-30-32(34(4,5)6)24-26-16-11-8-12-17-26/h7-22H,23-24H2,1-6H3/b29-21+,30-22+. The van der Waals surface area contributed by atoms with Crippen molar-refractivity contribution in [2.45, 2.75) is 52.4 Å². The molecule has 3 aromatic rings. The molecular formula is C28H38N4Si2. The van der Waals surface area contributed by atoms with E-state index in [1.165, 1.54) is 11.1 Å². The zero-order valence-electron chi connectivity index (χ0n) is 21.4. The third kappa shape index (κ3) is 8.11. The lowest BCUT2D eigenvalue weighted by atomic mass is 10.1. The minimum Gasteiger partial charge on any atom is -0.320 e. The van der Waals surface area contributed by atoms with Crippen molar-refractivity contribution in [2.75, 3.05) is 0 Å². The monoisotopic (exact) mass is 486 g/mol. The number of nitrogens with zero attached hydrogens (tertiary/aromatic N) is 4. The van der Waals surface area contributed by atoms with Crippen LogP contribution in [0.2, 0.25) is 39.3 Å². The first-order chi connectivity index (χ1) is 16.1. The highest BCUT2D eigenvalue weighted by Crippen LogP contribution is 2.17. The second kappa shape index (κ2) is 11.4. The van der Waals surface area contributed by atoms with Gasteiger partial charge in [0, 0.05) is 0 Å². The Balaban J connectivity index is 1.75. The summed E-state index contributed by atoms with van der Waals surface area (Å²) in [6.45, 7) is 15.6. The molecule has 0 spiro atoms. The van der Waals surface area contributed by atoms with Crippen molar-refractivity contribution in [1.29, 1.82) is 0 Å². The minimum atomic E-state index is -1.62. The summed E-state index contributed by atoms with van der Waals surface area (Å²) in [5.41, 5.74) is 4.74. The second-order valence-electron chi connectivity index (χ2n) is 10.6. The fourth-order valence-corrected chi connectivity index (χ4v) is 5.53. The Labute approximate surface area is 207 Å². The summed E-state index contributed by atoms with van der Waals surface area (Å²) in [6.07, 6.45) is 3.97. The molecule has 4 nitrogen and oxygen atoms in total. The molecular weight excluding hydrogens is 449 g/mol. The topological polar surface area (TPSA) is 31.2 Å². The first-order valence-corrected chi connectivity index (χ1v) is 18.8. The van der Waals surface area contributed by atoms with Crippen LogP contribution in [0, 0.1) is 0 Å². The third-order valence-electron chi connectivity index (χ3n) is 5.50. The summed E-state index contributed by atoms with van der Waals surface area (Å²) in [6, 6.07) is 29.6. The Morgan fingerprint density at radius 1 is 0.559 bits per heavy atom. The van der Waals surface area contributed by atoms with Crippen molar-refractivity contribution in [3.8, 4) is 0 Å². The highest BCUT2D eigenvalue weighted by Gasteiger charge is 2.23. The first kappa shape index (κ1) is 25.7. The molecule has 0 aliphatic carbocycles. The van der Waals surface area contributed by atoms with Crippen LogP contribution in [0.25, 0.3) is 0 Å². The molecule has 0 aliphatic rings. The van der Waals surface area contributed by atoms with Gasteiger partial charge in [0.2, 0.25) is 0 Å². The lowest BCUT2D eigenvalue weighted by Gasteiger charge is -2.31. The van der Waals surface area contributed by atoms with E-state index in [0.717, 1.165) is 24.2 Å². The molecule has 0 heterocycles. The summed E-state index contributed by atoms with van der Waals surface area (Å²) >= 11 is 0. The Hall–Kier alpha value is -2.97. The minimum absolute atomic E-state index is 0.832. The van der Waals surface area contributed by atoms with Gasteiger partial charge in [-0.2, -0.15) is 10.2 Å². The molecule has 3 rings (SSSR count). The summed E-state index contributed by atoms with van der Waals surface area (Å²) in [7, 11) is -3.24. The fraction of sp³-hybridized carbons (Fsp3) is 0.286. The van der Waals surface area contributed by atoms with Gasteiger partial charge in [0.25, 0.3) is 0 Å². The predicted molar refractivity (Wildman–Crippen MR) is 152 cm³/mol. The number of hydrogen-bond acceptors (Lipinski definition) is 4. The lowest BCUT2D eigenvalue weighted by molar-refractivity contribution is 0.446. The van der Waals surface area contributed by atoms with Crippen LogP contribution in [0.15, 0.2) is 95.1 Å². The molecule has 0 N–H and O–H groups in total. The smallest absolute Gasteiger partial charge is 0.169 e. The van der Waals surface area contributed by atoms with Crippen molar-refractivity contribution in [2.24, 2.45) is 10.2 Å². The van der Waals surface area contributed by atoms with Gasteiger partial charge in [-0.1, -0.05) is 118 Å². The maximum atomic E-state index is 4.91. The molecule has 0 aliphatic heterocycles. The normalized spacial score (nSPS) is 12.4. The average molecular weight is 487 g/mol. The summed E-state index contributed by atoms with van der Waals surface area (Å²) in [4.78, 5) is 0. The molecule has 6 heteroatoms. The zero-order valence-corrected chi connectivity index (χ0v) is 23.4. The molecule has 0 saturated carbocycles. The Bertz CT molecular complexity index is 1000. The van der Waals surface area contributed by atoms with Gasteiger partial charge in [0.1, 0.15) is 0 Å². The second-order valence-corrected chi connectivity index (χ2v) is 20.3. The predicted octanol–water partition coefficient (Wildman–Crippen LogP) is 7.03. The molecule has 0 atom stereocenters. The van der Waals surface area contributed by atoms with Gasteiger partial charge in [-0.25, -0.2) is 0 Å². The third-order valence-corrected chi connectivity index (χ3v) is 9.15. The van der Waals surface area contributed by atoms with Crippen LogP contribution in [0.1, 0.15) is 22.3 Å². The van der Waals surface area contributed by atoms with Crippen LogP contribution in [0.4, 0.5) is 0 Å².